The number of rotatable bonds is 4. The average Bonchev–Trinajstić information content (AvgIpc) is 4.07. The van der Waals surface area contributed by atoms with E-state index in [4.69, 9.17) is 0 Å². The Bertz CT molecular complexity index is 3620. The van der Waals surface area contributed by atoms with E-state index in [2.05, 4.69) is 237 Å². The van der Waals surface area contributed by atoms with Gasteiger partial charge in [0.1, 0.15) is 0 Å². The predicted octanol–water partition coefficient (Wildman–Crippen LogP) is 14.5. The van der Waals surface area contributed by atoms with Gasteiger partial charge in [-0.2, -0.15) is 0 Å². The van der Waals surface area contributed by atoms with Crippen LogP contribution in [0.4, 0.5) is 22.7 Å². The second kappa shape index (κ2) is 12.8. The first-order valence-corrected chi connectivity index (χ1v) is 21.9. The molecule has 0 bridgehead atoms. The number of allylic oxidation sites excluding steroid dienone is 4. The molecule has 0 saturated heterocycles. The fourth-order valence-electron chi connectivity index (χ4n) is 11.7. The van der Waals surface area contributed by atoms with Gasteiger partial charge in [-0.15, -0.1) is 0 Å². The van der Waals surface area contributed by atoms with Crippen LogP contribution in [0.5, 0.6) is 0 Å². The molecule has 2 aliphatic heterocycles. The first-order chi connectivity index (χ1) is 30.8. The summed E-state index contributed by atoms with van der Waals surface area (Å²) < 4.78 is 5.03. The summed E-state index contributed by atoms with van der Waals surface area (Å²) in [6.07, 6.45) is 18.5. The highest BCUT2D eigenvalue weighted by atomic mass is 15.3. The molecule has 8 aromatic carbocycles. The highest BCUT2D eigenvalue weighted by molar-refractivity contribution is 6.24. The van der Waals surface area contributed by atoms with Gasteiger partial charge < -0.3 is 18.9 Å². The molecule has 0 fully saturated rings. The van der Waals surface area contributed by atoms with Gasteiger partial charge in [0.05, 0.1) is 51.2 Å². The van der Waals surface area contributed by atoms with Crippen LogP contribution >= 0.6 is 0 Å². The van der Waals surface area contributed by atoms with Crippen LogP contribution in [-0.4, -0.2) is 21.2 Å². The number of hydrogen-bond acceptors (Lipinski definition) is 2. The molecule has 0 amide bonds. The molecule has 292 valence electrons. The Kier molecular flexibility index (Phi) is 7.03. The van der Waals surface area contributed by atoms with Gasteiger partial charge in [-0.25, -0.2) is 0 Å². The van der Waals surface area contributed by atoms with Gasteiger partial charge in [-0.05, 0) is 59.7 Å². The van der Waals surface area contributed by atoms with Crippen molar-refractivity contribution < 1.29 is 0 Å². The second-order valence-electron chi connectivity index (χ2n) is 17.1. The molecule has 4 heterocycles. The van der Waals surface area contributed by atoms with Crippen LogP contribution in [0, 0.1) is 0 Å². The number of fused-ring (bicyclic) bond motifs is 15. The zero-order valence-electron chi connectivity index (χ0n) is 33.9. The van der Waals surface area contributed by atoms with E-state index in [1.54, 1.807) is 0 Å². The van der Waals surface area contributed by atoms with Crippen molar-refractivity contribution in [3.63, 3.8) is 0 Å². The zero-order valence-corrected chi connectivity index (χ0v) is 33.9. The lowest BCUT2D eigenvalue weighted by atomic mass is 9.88. The number of aromatic nitrogens is 2. The maximum atomic E-state index is 2.68. The fraction of sp³-hybridized carbons (Fsp3) is 0.0690. The van der Waals surface area contributed by atoms with Crippen molar-refractivity contribution in [3.05, 3.63) is 230 Å². The summed E-state index contributed by atoms with van der Waals surface area (Å²) >= 11 is 0. The van der Waals surface area contributed by atoms with E-state index in [9.17, 15) is 0 Å². The Morgan fingerprint density at radius 1 is 0.306 bits per heavy atom. The minimum atomic E-state index is 0.136. The Morgan fingerprint density at radius 2 is 0.774 bits per heavy atom. The smallest absolute Gasteiger partial charge is 0.0789 e. The topological polar surface area (TPSA) is 16.3 Å². The summed E-state index contributed by atoms with van der Waals surface area (Å²) in [4.78, 5) is 5.30. The Hall–Kier alpha value is -7.82. The highest BCUT2D eigenvalue weighted by Gasteiger charge is 2.46. The van der Waals surface area contributed by atoms with E-state index in [0.717, 1.165) is 5.69 Å². The molecule has 4 atom stereocenters. The maximum absolute atomic E-state index is 2.68. The summed E-state index contributed by atoms with van der Waals surface area (Å²) in [5.41, 5.74) is 15.0. The van der Waals surface area contributed by atoms with Gasteiger partial charge in [0.25, 0.3) is 0 Å². The van der Waals surface area contributed by atoms with E-state index in [1.807, 2.05) is 0 Å². The van der Waals surface area contributed by atoms with Crippen molar-refractivity contribution in [1.82, 2.24) is 9.13 Å². The van der Waals surface area contributed by atoms with Crippen LogP contribution in [0.1, 0.15) is 23.0 Å². The third-order valence-electron chi connectivity index (χ3n) is 14.1. The van der Waals surface area contributed by atoms with E-state index >= 15 is 0 Å². The number of nitrogens with zero attached hydrogens (tertiary/aromatic N) is 4. The standard InChI is InChI=1S/C58H40N4/c1-3-17-37(18-4-1)59-49-27-11-7-21-41(49)45-33-35-47-43-23-9-13-29-51(43)61(57(47)55(45)59)53-31-15-26-40-39(53)25-16-32-54(40)62-52-30-14-10-24-44(52)48-36-34-46-42-22-8-12-28-50(42)60(56(46)58(48)62)38-19-5-2-6-20-38/h1-36,41,43,49,51H. The Morgan fingerprint density at radius 3 is 1.42 bits per heavy atom. The zero-order chi connectivity index (χ0) is 40.5. The van der Waals surface area contributed by atoms with Crippen molar-refractivity contribution >= 4 is 77.1 Å². The normalized spacial score (nSPS) is 19.6. The van der Waals surface area contributed by atoms with Gasteiger partial charge >= 0.3 is 0 Å². The largest absolute Gasteiger partial charge is 0.332 e. The third kappa shape index (κ3) is 4.51. The van der Waals surface area contributed by atoms with Crippen LogP contribution < -0.4 is 9.80 Å². The molecule has 0 spiro atoms. The van der Waals surface area contributed by atoms with E-state index in [-0.39, 0.29) is 23.9 Å². The molecule has 4 nitrogen and oxygen atoms in total. The lowest BCUT2D eigenvalue weighted by Gasteiger charge is -2.34. The van der Waals surface area contributed by atoms with E-state index in [1.165, 1.54) is 93.9 Å². The molecular weight excluding hydrogens is 753 g/mol. The number of para-hydroxylation sites is 4. The van der Waals surface area contributed by atoms with Crippen molar-refractivity contribution in [2.45, 2.75) is 23.9 Å². The Balaban J connectivity index is 1.06. The third-order valence-corrected chi connectivity index (χ3v) is 14.1. The minimum absolute atomic E-state index is 0.136. The number of benzene rings is 8. The molecule has 14 rings (SSSR count). The maximum Gasteiger partial charge on any atom is 0.0789 e. The van der Waals surface area contributed by atoms with Gasteiger partial charge in [0.15, 0.2) is 0 Å². The first kappa shape index (κ1) is 34.0. The molecule has 2 aliphatic carbocycles. The summed E-state index contributed by atoms with van der Waals surface area (Å²) in [7, 11) is 0. The SMILES string of the molecule is C1=CC2c3ccc4c(c3N(c3ccccc3)C2C=C1)N(c1cccc2c(-n3c5ccccc5c5ccc6c7ccccc7n(-c7ccccc7)c6c53)cccc12)C1C=CC=CC41. The number of hydrogen-bond donors (Lipinski definition) is 0. The van der Waals surface area contributed by atoms with E-state index < -0.39 is 0 Å². The second-order valence-corrected chi connectivity index (χ2v) is 17.1. The molecule has 62 heavy (non-hydrogen) atoms. The molecule has 4 heteroatoms. The summed E-state index contributed by atoms with van der Waals surface area (Å²) in [5.74, 6) is 0.504. The molecule has 0 saturated carbocycles. The number of anilines is 4. The molecule has 4 aliphatic rings. The van der Waals surface area contributed by atoms with Crippen LogP contribution in [0.25, 0.3) is 65.8 Å². The lowest BCUT2D eigenvalue weighted by molar-refractivity contribution is 0.738. The molecule has 0 radical (unpaired) electrons. The molecule has 10 aromatic rings. The fourth-order valence-corrected chi connectivity index (χ4v) is 11.7. The average molecular weight is 793 g/mol. The van der Waals surface area contributed by atoms with E-state index in [0.29, 0.717) is 0 Å². The first-order valence-electron chi connectivity index (χ1n) is 21.9. The van der Waals surface area contributed by atoms with Gasteiger partial charge in [0.2, 0.25) is 0 Å². The summed E-state index contributed by atoms with van der Waals surface area (Å²) in [6.45, 7) is 0. The minimum Gasteiger partial charge on any atom is -0.332 e. The van der Waals surface area contributed by atoms with Gasteiger partial charge in [-0.3, -0.25) is 0 Å². The molecular formula is C58H40N4. The molecule has 0 N–H and O–H groups in total. The van der Waals surface area contributed by atoms with Gasteiger partial charge in [-0.1, -0.05) is 170 Å². The van der Waals surface area contributed by atoms with Crippen LogP contribution in [0.3, 0.4) is 0 Å². The Labute approximate surface area is 359 Å². The molecule has 2 aromatic heterocycles. The highest BCUT2D eigenvalue weighted by Crippen LogP contribution is 2.60. The monoisotopic (exact) mass is 792 g/mol. The van der Waals surface area contributed by atoms with Crippen molar-refractivity contribution in [1.29, 1.82) is 0 Å². The van der Waals surface area contributed by atoms with Gasteiger partial charge in [0, 0.05) is 61.2 Å². The predicted molar refractivity (Wildman–Crippen MR) is 259 cm³/mol. The van der Waals surface area contributed by atoms with Crippen LogP contribution in [0.2, 0.25) is 0 Å². The van der Waals surface area contributed by atoms with Crippen molar-refractivity contribution in [3.8, 4) is 11.4 Å². The lowest BCUT2D eigenvalue weighted by Crippen LogP contribution is -2.31. The quantitative estimate of drug-likeness (QED) is 0.176. The summed E-state index contributed by atoms with van der Waals surface area (Å²) in [5, 5.41) is 7.46. The molecule has 4 unspecified atom stereocenters. The van der Waals surface area contributed by atoms with Crippen LogP contribution in [0.15, 0.2) is 218 Å². The van der Waals surface area contributed by atoms with Crippen LogP contribution in [-0.2, 0) is 0 Å². The van der Waals surface area contributed by atoms with Crippen molar-refractivity contribution in [2.75, 3.05) is 9.80 Å². The van der Waals surface area contributed by atoms with Crippen molar-refractivity contribution in [2.24, 2.45) is 0 Å². The summed E-state index contributed by atoms with van der Waals surface area (Å²) in [6, 6.07) is 63.5.